The molecule has 0 radical (unpaired) electrons. The van der Waals surface area contributed by atoms with Gasteiger partial charge in [-0.05, 0) is 80.7 Å². The van der Waals surface area contributed by atoms with Gasteiger partial charge in [0.15, 0.2) is 0 Å². The summed E-state index contributed by atoms with van der Waals surface area (Å²) in [5.74, 6) is -3.53. The molecule has 1 saturated carbocycles. The third kappa shape index (κ3) is 5.58. The molecule has 244 valence electrons. The highest BCUT2D eigenvalue weighted by Crippen LogP contribution is 2.59. The van der Waals surface area contributed by atoms with Crippen molar-refractivity contribution in [2.45, 2.75) is 77.5 Å². The van der Waals surface area contributed by atoms with Crippen LogP contribution in [-0.4, -0.2) is 57.8 Å². The standard InChI is InChI=1S/C34H37BrF2N4O5/c1-18(2)27(39-30(43)45-6)29(42)40-17-33(11-12-33)15-25(40)28-38-16-26(41(28)31(44)46-32(3,4)5)19-7-9-21-22-10-8-20(35)14-24(22)34(36,37)23(21)13-19/h7-10,13-14,16,18,25,27H,11-12,15,17H2,1-6H3,(H,39,43)/t25-,27?/m0/s1. The van der Waals surface area contributed by atoms with Crippen molar-refractivity contribution in [2.75, 3.05) is 13.7 Å². The van der Waals surface area contributed by atoms with Crippen LogP contribution in [0, 0.1) is 11.3 Å². The first-order valence-electron chi connectivity index (χ1n) is 15.3. The minimum Gasteiger partial charge on any atom is -0.453 e. The van der Waals surface area contributed by atoms with E-state index in [1.165, 1.54) is 30.0 Å². The highest BCUT2D eigenvalue weighted by Gasteiger charge is 2.56. The van der Waals surface area contributed by atoms with Gasteiger partial charge in [0.05, 0.1) is 25.0 Å². The Kier molecular flexibility index (Phi) is 7.81. The topological polar surface area (TPSA) is 103 Å². The molecule has 1 aromatic heterocycles. The van der Waals surface area contributed by atoms with Gasteiger partial charge in [-0.25, -0.2) is 19.1 Å². The lowest BCUT2D eigenvalue weighted by Gasteiger charge is -2.31. The van der Waals surface area contributed by atoms with Gasteiger partial charge in [-0.15, -0.1) is 0 Å². The highest BCUT2D eigenvalue weighted by molar-refractivity contribution is 9.10. The number of rotatable bonds is 5. The Balaban J connectivity index is 1.45. The molecule has 2 aliphatic carbocycles. The molecule has 1 spiro atoms. The first-order valence-corrected chi connectivity index (χ1v) is 16.1. The molecule has 9 nitrogen and oxygen atoms in total. The van der Waals surface area contributed by atoms with Gasteiger partial charge in [-0.3, -0.25) is 4.79 Å². The number of carbonyl (C=O) groups excluding carboxylic acids is 3. The lowest BCUT2D eigenvalue weighted by atomic mass is 10.0. The van der Waals surface area contributed by atoms with Crippen LogP contribution in [0.15, 0.2) is 47.1 Å². The highest BCUT2D eigenvalue weighted by atomic mass is 79.9. The number of benzene rings is 2. The minimum absolute atomic E-state index is 0.0922. The van der Waals surface area contributed by atoms with Crippen LogP contribution in [0.1, 0.15) is 76.9 Å². The number of aromatic nitrogens is 2. The van der Waals surface area contributed by atoms with Crippen molar-refractivity contribution in [3.05, 3.63) is 64.0 Å². The fourth-order valence-electron chi connectivity index (χ4n) is 6.59. The van der Waals surface area contributed by atoms with Crippen LogP contribution in [0.3, 0.4) is 0 Å². The predicted octanol–water partition coefficient (Wildman–Crippen LogP) is 7.65. The maximum absolute atomic E-state index is 15.8. The second-order valence-corrected chi connectivity index (χ2v) is 14.8. The number of alkyl carbamates (subject to hydrolysis) is 1. The summed E-state index contributed by atoms with van der Waals surface area (Å²) in [5, 5.41) is 2.66. The number of nitrogens with one attached hydrogen (secondary N) is 1. The maximum Gasteiger partial charge on any atom is 0.420 e. The second-order valence-electron chi connectivity index (χ2n) is 13.9. The van der Waals surface area contributed by atoms with Crippen molar-refractivity contribution in [3.63, 3.8) is 0 Å². The number of halogens is 3. The molecule has 1 aliphatic heterocycles. The Hall–Kier alpha value is -3.80. The molecule has 1 saturated heterocycles. The van der Waals surface area contributed by atoms with Crippen molar-refractivity contribution in [1.29, 1.82) is 0 Å². The predicted molar refractivity (Wildman–Crippen MR) is 170 cm³/mol. The quantitative estimate of drug-likeness (QED) is 0.294. The molecule has 2 amide bonds. The third-order valence-electron chi connectivity index (χ3n) is 9.07. The van der Waals surface area contributed by atoms with E-state index in [-0.39, 0.29) is 39.9 Å². The van der Waals surface area contributed by atoms with Gasteiger partial charge in [0.1, 0.15) is 17.5 Å². The maximum atomic E-state index is 15.8. The molecule has 1 N–H and O–H groups in total. The molecule has 1 unspecified atom stereocenters. The van der Waals surface area contributed by atoms with Gasteiger partial charge in [0, 0.05) is 27.7 Å². The zero-order chi connectivity index (χ0) is 33.3. The number of amides is 2. The van der Waals surface area contributed by atoms with Gasteiger partial charge in [0.2, 0.25) is 5.91 Å². The molecule has 2 aromatic carbocycles. The van der Waals surface area contributed by atoms with E-state index in [2.05, 4.69) is 26.2 Å². The number of alkyl halides is 2. The van der Waals surface area contributed by atoms with Crippen LogP contribution in [-0.2, 0) is 20.2 Å². The summed E-state index contributed by atoms with van der Waals surface area (Å²) < 4.78 is 44.1. The molecule has 0 bridgehead atoms. The van der Waals surface area contributed by atoms with Crippen LogP contribution in [0.5, 0.6) is 0 Å². The van der Waals surface area contributed by atoms with Crippen LogP contribution in [0.25, 0.3) is 22.4 Å². The summed E-state index contributed by atoms with van der Waals surface area (Å²) in [4.78, 5) is 46.5. The summed E-state index contributed by atoms with van der Waals surface area (Å²) in [7, 11) is 1.24. The zero-order valence-corrected chi connectivity index (χ0v) is 28.2. The number of ether oxygens (including phenoxy) is 2. The lowest BCUT2D eigenvalue weighted by Crippen LogP contribution is -2.51. The Labute approximate surface area is 274 Å². The monoisotopic (exact) mass is 698 g/mol. The van der Waals surface area contributed by atoms with Crippen molar-refractivity contribution < 1.29 is 32.6 Å². The molecule has 2 fully saturated rings. The number of hydrogen-bond acceptors (Lipinski definition) is 6. The van der Waals surface area contributed by atoms with Crippen molar-refractivity contribution in [3.8, 4) is 22.4 Å². The van der Waals surface area contributed by atoms with Crippen LogP contribution in [0.2, 0.25) is 0 Å². The molecular weight excluding hydrogens is 662 g/mol. The second kappa shape index (κ2) is 11.2. The van der Waals surface area contributed by atoms with Gasteiger partial charge >= 0.3 is 12.2 Å². The Morgan fingerprint density at radius 3 is 2.33 bits per heavy atom. The largest absolute Gasteiger partial charge is 0.453 e. The SMILES string of the molecule is COC(=O)NC(C(=O)N1CC2(CC2)C[C@H]1c1ncc(-c2ccc3c(c2)C(F)(F)c2cc(Br)ccc2-3)n1C(=O)OC(C)(C)C)C(C)C. The summed E-state index contributed by atoms with van der Waals surface area (Å²) in [5.41, 5.74) is 0.258. The zero-order valence-electron chi connectivity index (χ0n) is 26.6. The van der Waals surface area contributed by atoms with E-state index in [1.54, 1.807) is 49.9 Å². The molecule has 2 heterocycles. The van der Waals surface area contributed by atoms with E-state index in [0.29, 0.717) is 34.1 Å². The Morgan fingerprint density at radius 2 is 1.72 bits per heavy atom. The van der Waals surface area contributed by atoms with Gasteiger partial charge in [0.25, 0.3) is 5.92 Å². The Morgan fingerprint density at radius 1 is 1.07 bits per heavy atom. The summed E-state index contributed by atoms with van der Waals surface area (Å²) in [6.07, 6.45) is 2.43. The minimum atomic E-state index is -3.25. The fraction of sp³-hybridized carbons (Fsp3) is 0.471. The number of hydrogen-bond donors (Lipinski definition) is 1. The van der Waals surface area contributed by atoms with Crippen LogP contribution >= 0.6 is 15.9 Å². The van der Waals surface area contributed by atoms with Gasteiger partial charge in [-0.2, -0.15) is 8.78 Å². The van der Waals surface area contributed by atoms with E-state index in [4.69, 9.17) is 9.47 Å². The van der Waals surface area contributed by atoms with E-state index in [0.717, 1.165) is 12.8 Å². The number of imidazole rings is 1. The Bertz CT molecular complexity index is 1740. The first kappa shape index (κ1) is 32.2. The lowest BCUT2D eigenvalue weighted by molar-refractivity contribution is -0.135. The molecule has 46 heavy (non-hydrogen) atoms. The smallest absolute Gasteiger partial charge is 0.420 e. The number of nitrogens with zero attached hydrogens (tertiary/aromatic N) is 3. The van der Waals surface area contributed by atoms with Gasteiger partial charge in [-0.1, -0.05) is 48.0 Å². The van der Waals surface area contributed by atoms with Crippen molar-refractivity contribution in [2.24, 2.45) is 11.3 Å². The van der Waals surface area contributed by atoms with Gasteiger partial charge < -0.3 is 19.7 Å². The van der Waals surface area contributed by atoms with E-state index >= 15 is 8.78 Å². The summed E-state index contributed by atoms with van der Waals surface area (Å²) in [6.45, 7) is 9.32. The average Bonchev–Trinajstić information content (AvgIpc) is 3.33. The van der Waals surface area contributed by atoms with E-state index < -0.39 is 35.8 Å². The normalized spacial score (nSPS) is 19.5. The van der Waals surface area contributed by atoms with Crippen molar-refractivity contribution >= 4 is 34.0 Å². The third-order valence-corrected chi connectivity index (χ3v) is 9.56. The molecule has 6 rings (SSSR count). The average molecular weight is 700 g/mol. The number of methoxy groups -OCH3 is 1. The fourth-order valence-corrected chi connectivity index (χ4v) is 6.96. The molecule has 3 aromatic rings. The number of carbonyl (C=O) groups is 3. The first-order chi connectivity index (χ1) is 21.5. The molecule has 2 atom stereocenters. The molecule has 12 heteroatoms. The number of likely N-dealkylation sites (tertiary alicyclic amines) is 1. The van der Waals surface area contributed by atoms with E-state index in [1.807, 2.05) is 13.8 Å². The summed E-state index contributed by atoms with van der Waals surface area (Å²) >= 11 is 3.30. The van der Waals surface area contributed by atoms with Crippen molar-refractivity contribution in [1.82, 2.24) is 19.8 Å². The van der Waals surface area contributed by atoms with E-state index in [9.17, 15) is 14.4 Å². The number of fused-ring (bicyclic) bond motifs is 3. The van der Waals surface area contributed by atoms with Crippen LogP contribution < -0.4 is 5.32 Å². The van der Waals surface area contributed by atoms with Crippen LogP contribution in [0.4, 0.5) is 18.4 Å². The summed E-state index contributed by atoms with van der Waals surface area (Å²) in [6, 6.07) is 8.08. The molecular formula is C34H37BrF2N4O5. The molecule has 3 aliphatic rings.